The van der Waals surface area contributed by atoms with Crippen LogP contribution in [0.4, 0.5) is 0 Å². The molecular formula is C25H21N2O+. The summed E-state index contributed by atoms with van der Waals surface area (Å²) < 4.78 is 8.18. The lowest BCUT2D eigenvalue weighted by atomic mass is 9.98. The Balaban J connectivity index is 1.74. The molecule has 0 aliphatic heterocycles. The van der Waals surface area contributed by atoms with Crippen LogP contribution in [-0.4, -0.2) is 4.98 Å². The van der Waals surface area contributed by atoms with Gasteiger partial charge in [0.2, 0.25) is 11.4 Å². The average molecular weight is 365 g/mol. The molecule has 3 heterocycles. The molecule has 0 atom stereocenters. The molecular weight excluding hydrogens is 344 g/mol. The highest BCUT2D eigenvalue weighted by molar-refractivity contribution is 6.05. The van der Waals surface area contributed by atoms with Crippen LogP contribution in [0, 0.1) is 13.8 Å². The van der Waals surface area contributed by atoms with E-state index in [1.807, 2.05) is 19.1 Å². The van der Waals surface area contributed by atoms with Crippen molar-refractivity contribution in [2.45, 2.75) is 13.8 Å². The Kier molecular flexibility index (Phi) is 3.76. The van der Waals surface area contributed by atoms with Crippen LogP contribution in [0.15, 0.2) is 77.3 Å². The van der Waals surface area contributed by atoms with Crippen LogP contribution in [-0.2, 0) is 7.05 Å². The van der Waals surface area contributed by atoms with Gasteiger partial charge in [0.05, 0.1) is 0 Å². The van der Waals surface area contributed by atoms with Crippen molar-refractivity contribution in [1.29, 1.82) is 0 Å². The Morgan fingerprint density at radius 2 is 1.64 bits per heavy atom. The molecule has 0 fully saturated rings. The smallest absolute Gasteiger partial charge is 0.227 e. The average Bonchev–Trinajstić information content (AvgIpc) is 3.04. The molecule has 0 radical (unpaired) electrons. The first-order chi connectivity index (χ1) is 13.6. The lowest BCUT2D eigenvalue weighted by molar-refractivity contribution is -0.660. The third kappa shape index (κ3) is 2.67. The van der Waals surface area contributed by atoms with Crippen LogP contribution in [0.1, 0.15) is 11.3 Å². The van der Waals surface area contributed by atoms with Crippen molar-refractivity contribution >= 4 is 22.1 Å². The third-order valence-electron chi connectivity index (χ3n) is 5.36. The molecule has 0 spiro atoms. The standard InChI is InChI=1S/C25H21N2O/c1-16-13-24-22(20-10-9-17(2)26-25(20)28-24)15-21(16)23-14-19(11-12-27(23)3)18-7-5-4-6-8-18/h4-15H,1-3H3/q+1. The molecule has 0 amide bonds. The summed E-state index contributed by atoms with van der Waals surface area (Å²) in [5.74, 6) is 0. The lowest BCUT2D eigenvalue weighted by Gasteiger charge is -2.07. The fourth-order valence-corrected chi connectivity index (χ4v) is 3.82. The van der Waals surface area contributed by atoms with Crippen molar-refractivity contribution in [2.75, 3.05) is 0 Å². The quantitative estimate of drug-likeness (QED) is 0.373. The van der Waals surface area contributed by atoms with Crippen molar-refractivity contribution in [2.24, 2.45) is 7.05 Å². The molecule has 136 valence electrons. The van der Waals surface area contributed by atoms with Crippen LogP contribution in [0.5, 0.6) is 0 Å². The van der Waals surface area contributed by atoms with E-state index >= 15 is 0 Å². The maximum atomic E-state index is 6.01. The van der Waals surface area contributed by atoms with Gasteiger partial charge in [-0.05, 0) is 54.8 Å². The highest BCUT2D eigenvalue weighted by Gasteiger charge is 2.18. The number of hydrogen-bond donors (Lipinski definition) is 0. The largest absolute Gasteiger partial charge is 0.438 e. The van der Waals surface area contributed by atoms with Gasteiger partial charge in [-0.15, -0.1) is 0 Å². The van der Waals surface area contributed by atoms with Crippen molar-refractivity contribution in [1.82, 2.24) is 4.98 Å². The Morgan fingerprint density at radius 3 is 2.46 bits per heavy atom. The molecule has 3 nitrogen and oxygen atoms in total. The highest BCUT2D eigenvalue weighted by Crippen LogP contribution is 2.34. The van der Waals surface area contributed by atoms with Gasteiger partial charge in [0.25, 0.3) is 0 Å². The van der Waals surface area contributed by atoms with E-state index in [1.54, 1.807) is 0 Å². The van der Waals surface area contributed by atoms with Gasteiger partial charge in [0, 0.05) is 34.2 Å². The minimum atomic E-state index is 0.703. The SMILES string of the molecule is Cc1ccc2c(n1)oc1cc(C)c(-c3cc(-c4ccccc4)cc[n+]3C)cc12. The maximum absolute atomic E-state index is 6.01. The van der Waals surface area contributed by atoms with Gasteiger partial charge in [-0.25, -0.2) is 9.55 Å². The van der Waals surface area contributed by atoms with Gasteiger partial charge in [-0.2, -0.15) is 0 Å². The predicted octanol–water partition coefficient (Wildman–Crippen LogP) is 5.76. The number of furan rings is 1. The van der Waals surface area contributed by atoms with Crippen LogP contribution in [0.25, 0.3) is 44.5 Å². The Morgan fingerprint density at radius 1 is 0.821 bits per heavy atom. The zero-order valence-electron chi connectivity index (χ0n) is 16.2. The molecule has 0 saturated heterocycles. The molecule has 3 aromatic heterocycles. The van der Waals surface area contributed by atoms with E-state index in [2.05, 4.69) is 84.3 Å². The zero-order valence-corrected chi connectivity index (χ0v) is 16.2. The summed E-state index contributed by atoms with van der Waals surface area (Å²) in [5.41, 5.74) is 8.55. The second-order valence-corrected chi connectivity index (χ2v) is 7.35. The van der Waals surface area contributed by atoms with Gasteiger partial charge >= 0.3 is 0 Å². The second kappa shape index (κ2) is 6.31. The van der Waals surface area contributed by atoms with Crippen molar-refractivity contribution in [3.05, 3.63) is 84.2 Å². The van der Waals surface area contributed by atoms with Crippen LogP contribution in [0.2, 0.25) is 0 Å². The number of nitrogens with zero attached hydrogens (tertiary/aromatic N) is 2. The summed E-state index contributed by atoms with van der Waals surface area (Å²) >= 11 is 0. The first-order valence-electron chi connectivity index (χ1n) is 9.46. The van der Waals surface area contributed by atoms with Crippen LogP contribution >= 0.6 is 0 Å². The predicted molar refractivity (Wildman–Crippen MR) is 113 cm³/mol. The Bertz CT molecular complexity index is 1330. The topological polar surface area (TPSA) is 29.9 Å². The fraction of sp³-hybridized carbons (Fsp3) is 0.120. The van der Waals surface area contributed by atoms with Gasteiger partial charge in [0.1, 0.15) is 12.6 Å². The van der Waals surface area contributed by atoms with Crippen molar-refractivity contribution in [3.8, 4) is 22.4 Å². The zero-order chi connectivity index (χ0) is 19.3. The number of rotatable bonds is 2. The third-order valence-corrected chi connectivity index (χ3v) is 5.36. The fourth-order valence-electron chi connectivity index (χ4n) is 3.82. The van der Waals surface area contributed by atoms with E-state index < -0.39 is 0 Å². The molecule has 5 aromatic rings. The summed E-state index contributed by atoms with van der Waals surface area (Å²) in [7, 11) is 2.09. The molecule has 0 saturated carbocycles. The summed E-state index contributed by atoms with van der Waals surface area (Å²) in [6, 6.07) is 23.4. The number of aromatic nitrogens is 2. The molecule has 0 aliphatic carbocycles. The summed E-state index contributed by atoms with van der Waals surface area (Å²) in [4.78, 5) is 4.54. The van der Waals surface area contributed by atoms with Crippen LogP contribution < -0.4 is 4.57 Å². The van der Waals surface area contributed by atoms with Crippen molar-refractivity contribution < 1.29 is 8.98 Å². The molecule has 0 bridgehead atoms. The van der Waals surface area contributed by atoms with Gasteiger partial charge in [-0.1, -0.05) is 30.3 Å². The lowest BCUT2D eigenvalue weighted by Crippen LogP contribution is -2.30. The van der Waals surface area contributed by atoms with Gasteiger partial charge in [-0.3, -0.25) is 0 Å². The molecule has 0 unspecified atom stereocenters. The summed E-state index contributed by atoms with van der Waals surface area (Å²) in [6.45, 7) is 4.12. The number of hydrogen-bond acceptors (Lipinski definition) is 2. The van der Waals surface area contributed by atoms with Gasteiger partial charge < -0.3 is 4.42 Å². The van der Waals surface area contributed by atoms with E-state index in [0.29, 0.717) is 5.71 Å². The normalized spacial score (nSPS) is 11.4. The molecule has 28 heavy (non-hydrogen) atoms. The first-order valence-corrected chi connectivity index (χ1v) is 9.46. The van der Waals surface area contributed by atoms with Gasteiger partial charge in [0.15, 0.2) is 6.20 Å². The Hall–Kier alpha value is -3.46. The molecule has 0 N–H and O–H groups in total. The number of benzene rings is 2. The minimum Gasteiger partial charge on any atom is -0.438 e. The maximum Gasteiger partial charge on any atom is 0.227 e. The number of fused-ring (bicyclic) bond motifs is 3. The van der Waals surface area contributed by atoms with E-state index in [9.17, 15) is 0 Å². The first kappa shape index (κ1) is 16.7. The van der Waals surface area contributed by atoms with E-state index in [4.69, 9.17) is 4.42 Å². The Labute approximate surface area is 163 Å². The molecule has 3 heteroatoms. The minimum absolute atomic E-state index is 0.703. The molecule has 0 aliphatic rings. The van der Waals surface area contributed by atoms with E-state index in [0.717, 1.165) is 22.0 Å². The summed E-state index contributed by atoms with van der Waals surface area (Å²) in [6.07, 6.45) is 2.12. The van der Waals surface area contributed by atoms with E-state index in [-0.39, 0.29) is 0 Å². The highest BCUT2D eigenvalue weighted by atomic mass is 16.3. The van der Waals surface area contributed by atoms with E-state index in [1.165, 1.54) is 27.9 Å². The van der Waals surface area contributed by atoms with Crippen molar-refractivity contribution in [3.63, 3.8) is 0 Å². The monoisotopic (exact) mass is 365 g/mol. The number of pyridine rings is 2. The van der Waals surface area contributed by atoms with Crippen LogP contribution in [0.3, 0.4) is 0 Å². The second-order valence-electron chi connectivity index (χ2n) is 7.35. The number of aryl methyl sites for hydroxylation is 3. The molecule has 5 rings (SSSR count). The molecule has 2 aromatic carbocycles. The summed E-state index contributed by atoms with van der Waals surface area (Å²) in [5, 5.41) is 2.16.